The summed E-state index contributed by atoms with van der Waals surface area (Å²) in [5, 5.41) is 7.17. The topological polar surface area (TPSA) is 50.2 Å². The van der Waals surface area contributed by atoms with E-state index in [2.05, 4.69) is 10.4 Å². The molecule has 0 aliphatic carbocycles. The molecule has 0 saturated carbocycles. The first-order valence-corrected chi connectivity index (χ1v) is 5.67. The van der Waals surface area contributed by atoms with E-state index in [1.165, 1.54) is 0 Å². The van der Waals surface area contributed by atoms with Crippen molar-refractivity contribution in [2.45, 2.75) is 18.9 Å². The molecule has 1 amide bonds. The van der Waals surface area contributed by atoms with Gasteiger partial charge in [-0.15, -0.1) is 0 Å². The standard InChI is InChI=1S/C11H18N4O/c1-12-8-9-4-3-7-15(9)11(16)10-5-6-13-14(10)2/h5-6,9,12H,3-4,7-8H2,1-2H3. The Morgan fingerprint density at radius 3 is 3.12 bits per heavy atom. The summed E-state index contributed by atoms with van der Waals surface area (Å²) in [7, 11) is 3.72. The Balaban J connectivity index is 2.12. The van der Waals surface area contributed by atoms with Crippen LogP contribution < -0.4 is 5.32 Å². The van der Waals surface area contributed by atoms with Crippen molar-refractivity contribution in [1.29, 1.82) is 0 Å². The lowest BCUT2D eigenvalue weighted by atomic mass is 10.2. The fourth-order valence-corrected chi connectivity index (χ4v) is 2.28. The first kappa shape index (κ1) is 11.1. The summed E-state index contributed by atoms with van der Waals surface area (Å²) >= 11 is 0. The molecule has 1 fully saturated rings. The summed E-state index contributed by atoms with van der Waals surface area (Å²) in [6.07, 6.45) is 3.84. The molecule has 88 valence electrons. The van der Waals surface area contributed by atoms with Gasteiger partial charge in [0.05, 0.1) is 0 Å². The lowest BCUT2D eigenvalue weighted by molar-refractivity contribution is 0.0726. The number of aryl methyl sites for hydroxylation is 1. The van der Waals surface area contributed by atoms with E-state index in [0.717, 1.165) is 25.9 Å². The van der Waals surface area contributed by atoms with Gasteiger partial charge < -0.3 is 10.2 Å². The number of likely N-dealkylation sites (tertiary alicyclic amines) is 1. The molecule has 16 heavy (non-hydrogen) atoms. The number of carbonyl (C=O) groups is 1. The van der Waals surface area contributed by atoms with Crippen molar-refractivity contribution in [2.75, 3.05) is 20.1 Å². The van der Waals surface area contributed by atoms with Gasteiger partial charge in [-0.1, -0.05) is 0 Å². The average Bonchev–Trinajstić information content (AvgIpc) is 2.87. The summed E-state index contributed by atoms with van der Waals surface area (Å²) in [6, 6.07) is 2.10. The van der Waals surface area contributed by atoms with Crippen LogP contribution in [0, 0.1) is 0 Å². The molecule has 0 spiro atoms. The highest BCUT2D eigenvalue weighted by Gasteiger charge is 2.29. The first-order valence-electron chi connectivity index (χ1n) is 5.67. The predicted octanol–water partition coefficient (Wildman–Crippen LogP) is 0.244. The van der Waals surface area contributed by atoms with Crippen LogP contribution in [0.25, 0.3) is 0 Å². The van der Waals surface area contributed by atoms with Crippen molar-refractivity contribution in [3.05, 3.63) is 18.0 Å². The van der Waals surface area contributed by atoms with E-state index in [0.29, 0.717) is 11.7 Å². The van der Waals surface area contributed by atoms with E-state index in [1.807, 2.05) is 11.9 Å². The highest BCUT2D eigenvalue weighted by Crippen LogP contribution is 2.19. The summed E-state index contributed by atoms with van der Waals surface area (Å²) in [6.45, 7) is 1.72. The zero-order valence-corrected chi connectivity index (χ0v) is 9.81. The van der Waals surface area contributed by atoms with Gasteiger partial charge in [-0.2, -0.15) is 5.10 Å². The van der Waals surface area contributed by atoms with Crippen LogP contribution in [0.1, 0.15) is 23.3 Å². The second-order valence-corrected chi connectivity index (χ2v) is 4.19. The van der Waals surface area contributed by atoms with Crippen LogP contribution in [0.2, 0.25) is 0 Å². The third-order valence-electron chi connectivity index (χ3n) is 3.12. The zero-order chi connectivity index (χ0) is 11.5. The van der Waals surface area contributed by atoms with Crippen molar-refractivity contribution in [3.8, 4) is 0 Å². The molecule has 2 heterocycles. The second kappa shape index (κ2) is 4.65. The molecule has 2 rings (SSSR count). The smallest absolute Gasteiger partial charge is 0.272 e. The molecule has 1 N–H and O–H groups in total. The van der Waals surface area contributed by atoms with Crippen LogP contribution in [0.5, 0.6) is 0 Å². The normalized spacial score (nSPS) is 20.4. The number of nitrogens with one attached hydrogen (secondary N) is 1. The minimum absolute atomic E-state index is 0.0951. The Labute approximate surface area is 95.4 Å². The molecule has 1 aromatic heterocycles. The van der Waals surface area contributed by atoms with Gasteiger partial charge >= 0.3 is 0 Å². The quantitative estimate of drug-likeness (QED) is 0.797. The van der Waals surface area contributed by atoms with E-state index in [4.69, 9.17) is 0 Å². The number of hydrogen-bond donors (Lipinski definition) is 1. The minimum atomic E-state index is 0.0951. The zero-order valence-electron chi connectivity index (χ0n) is 9.81. The number of amides is 1. The Morgan fingerprint density at radius 1 is 1.69 bits per heavy atom. The second-order valence-electron chi connectivity index (χ2n) is 4.19. The number of nitrogens with zero attached hydrogens (tertiary/aromatic N) is 3. The van der Waals surface area contributed by atoms with Gasteiger partial charge in [0.1, 0.15) is 5.69 Å². The molecule has 1 aromatic rings. The number of rotatable bonds is 3. The van der Waals surface area contributed by atoms with E-state index in [-0.39, 0.29) is 5.91 Å². The molecule has 1 atom stereocenters. The van der Waals surface area contributed by atoms with Crippen LogP contribution >= 0.6 is 0 Å². The average molecular weight is 222 g/mol. The van der Waals surface area contributed by atoms with E-state index in [1.54, 1.807) is 24.0 Å². The largest absolute Gasteiger partial charge is 0.333 e. The summed E-state index contributed by atoms with van der Waals surface area (Å²) in [4.78, 5) is 14.2. The van der Waals surface area contributed by atoms with Crippen LogP contribution in [0.4, 0.5) is 0 Å². The lowest BCUT2D eigenvalue weighted by Gasteiger charge is -2.24. The maximum absolute atomic E-state index is 12.3. The van der Waals surface area contributed by atoms with Crippen LogP contribution in [0.3, 0.4) is 0 Å². The van der Waals surface area contributed by atoms with Crippen LogP contribution in [-0.4, -0.2) is 46.8 Å². The molecule has 0 bridgehead atoms. The van der Waals surface area contributed by atoms with Crippen molar-refractivity contribution >= 4 is 5.91 Å². The number of carbonyl (C=O) groups excluding carboxylic acids is 1. The first-order chi connectivity index (χ1) is 7.74. The van der Waals surface area contributed by atoms with Crippen molar-refractivity contribution in [2.24, 2.45) is 7.05 Å². The molecular formula is C11H18N4O. The molecule has 1 aliphatic heterocycles. The SMILES string of the molecule is CNCC1CCCN1C(=O)c1ccnn1C. The number of hydrogen-bond acceptors (Lipinski definition) is 3. The van der Waals surface area contributed by atoms with Gasteiger partial charge in [0.25, 0.3) is 5.91 Å². The molecule has 0 radical (unpaired) electrons. The molecule has 1 saturated heterocycles. The minimum Gasteiger partial charge on any atom is -0.333 e. The Morgan fingerprint density at radius 2 is 2.50 bits per heavy atom. The van der Waals surface area contributed by atoms with Crippen molar-refractivity contribution in [3.63, 3.8) is 0 Å². The molecule has 5 nitrogen and oxygen atoms in total. The summed E-state index contributed by atoms with van der Waals surface area (Å²) in [5.41, 5.74) is 0.669. The summed E-state index contributed by atoms with van der Waals surface area (Å²) in [5.74, 6) is 0.0951. The van der Waals surface area contributed by atoms with E-state index >= 15 is 0 Å². The highest BCUT2D eigenvalue weighted by molar-refractivity contribution is 5.92. The third kappa shape index (κ3) is 1.95. The van der Waals surface area contributed by atoms with Gasteiger partial charge in [0.15, 0.2) is 0 Å². The predicted molar refractivity (Wildman–Crippen MR) is 61.2 cm³/mol. The number of aromatic nitrogens is 2. The maximum atomic E-state index is 12.3. The van der Waals surface area contributed by atoms with Gasteiger partial charge in [-0.25, -0.2) is 0 Å². The van der Waals surface area contributed by atoms with Crippen LogP contribution in [0.15, 0.2) is 12.3 Å². The molecule has 0 aromatic carbocycles. The lowest BCUT2D eigenvalue weighted by Crippen LogP contribution is -2.41. The Kier molecular flexibility index (Phi) is 3.24. The van der Waals surface area contributed by atoms with Gasteiger partial charge in [-0.3, -0.25) is 9.48 Å². The molecule has 1 unspecified atom stereocenters. The Hall–Kier alpha value is -1.36. The van der Waals surface area contributed by atoms with Crippen LogP contribution in [-0.2, 0) is 7.05 Å². The fourth-order valence-electron chi connectivity index (χ4n) is 2.28. The van der Waals surface area contributed by atoms with E-state index in [9.17, 15) is 4.79 Å². The maximum Gasteiger partial charge on any atom is 0.272 e. The molecular weight excluding hydrogens is 204 g/mol. The van der Waals surface area contributed by atoms with Crippen molar-refractivity contribution in [1.82, 2.24) is 20.0 Å². The van der Waals surface area contributed by atoms with Gasteiger partial charge in [0.2, 0.25) is 0 Å². The van der Waals surface area contributed by atoms with Crippen molar-refractivity contribution < 1.29 is 4.79 Å². The fraction of sp³-hybridized carbons (Fsp3) is 0.636. The van der Waals surface area contributed by atoms with E-state index < -0.39 is 0 Å². The molecule has 5 heteroatoms. The highest BCUT2D eigenvalue weighted by atomic mass is 16.2. The number of likely N-dealkylation sites (N-methyl/N-ethyl adjacent to an activating group) is 1. The third-order valence-corrected chi connectivity index (χ3v) is 3.12. The molecule has 1 aliphatic rings. The van der Waals surface area contributed by atoms with Gasteiger partial charge in [0, 0.05) is 32.4 Å². The van der Waals surface area contributed by atoms with Gasteiger partial charge in [-0.05, 0) is 26.0 Å². The monoisotopic (exact) mass is 222 g/mol. The summed E-state index contributed by atoms with van der Waals surface area (Å²) < 4.78 is 1.64. The Bertz CT molecular complexity index is 374.